The molecule has 8 heteroatoms. The van der Waals surface area contributed by atoms with Gasteiger partial charge in [0.15, 0.2) is 0 Å². The zero-order valence-electron chi connectivity index (χ0n) is 10.7. The summed E-state index contributed by atoms with van der Waals surface area (Å²) in [6.07, 6.45) is 0. The molecule has 0 atom stereocenters. The lowest BCUT2D eigenvalue weighted by Gasteiger charge is -2.15. The van der Waals surface area contributed by atoms with Gasteiger partial charge in [-0.25, -0.2) is 13.1 Å². The molecule has 0 aromatic heterocycles. The highest BCUT2D eigenvalue weighted by Gasteiger charge is 2.17. The molecule has 0 saturated carbocycles. The largest absolute Gasteiger partial charge is 0.397 e. The van der Waals surface area contributed by atoms with Crippen molar-refractivity contribution >= 4 is 33.2 Å². The number of sulfonamides is 1. The number of benzene rings is 1. The topological polar surface area (TPSA) is 92.5 Å². The molecule has 0 aliphatic carbocycles. The maximum absolute atomic E-state index is 11.9. The quantitative estimate of drug-likeness (QED) is 0.782. The third kappa shape index (κ3) is 4.09. The second-order valence-electron chi connectivity index (χ2n) is 3.92. The summed E-state index contributed by atoms with van der Waals surface area (Å²) < 4.78 is 26.1. The van der Waals surface area contributed by atoms with Crippen molar-refractivity contribution < 1.29 is 13.2 Å². The Morgan fingerprint density at radius 1 is 1.47 bits per heavy atom. The van der Waals surface area contributed by atoms with Crippen molar-refractivity contribution in [2.24, 2.45) is 0 Å². The normalized spacial score (nSPS) is 11.3. The highest BCUT2D eigenvalue weighted by atomic mass is 35.5. The Kier molecular flexibility index (Phi) is 5.16. The van der Waals surface area contributed by atoms with Crippen molar-refractivity contribution in [3.8, 4) is 0 Å². The molecule has 1 rings (SSSR count). The molecule has 0 fully saturated rings. The molecular formula is C11H16ClN3O3S. The van der Waals surface area contributed by atoms with Crippen molar-refractivity contribution in [3.05, 3.63) is 23.2 Å². The number of nitrogens with two attached hydrogens (primary N) is 1. The number of rotatable bonds is 5. The van der Waals surface area contributed by atoms with E-state index >= 15 is 0 Å². The third-order valence-electron chi connectivity index (χ3n) is 2.59. The lowest BCUT2D eigenvalue weighted by molar-refractivity contribution is -0.128. The minimum absolute atomic E-state index is 0.0265. The summed E-state index contributed by atoms with van der Waals surface area (Å²) in [6.45, 7) is 2.01. The van der Waals surface area contributed by atoms with Crippen LogP contribution in [0.2, 0.25) is 5.02 Å². The van der Waals surface area contributed by atoms with Gasteiger partial charge in [-0.15, -0.1) is 0 Å². The zero-order chi connectivity index (χ0) is 14.6. The van der Waals surface area contributed by atoms with E-state index in [-0.39, 0.29) is 28.1 Å². The zero-order valence-corrected chi connectivity index (χ0v) is 12.3. The van der Waals surface area contributed by atoms with Gasteiger partial charge in [0.1, 0.15) is 0 Å². The number of hydrogen-bond donors (Lipinski definition) is 2. The molecular weight excluding hydrogens is 290 g/mol. The number of halogens is 1. The number of nitrogens with zero attached hydrogens (tertiary/aromatic N) is 1. The minimum atomic E-state index is -3.77. The molecule has 0 radical (unpaired) electrons. The number of carbonyl (C=O) groups is 1. The number of hydrogen-bond acceptors (Lipinski definition) is 4. The molecule has 19 heavy (non-hydrogen) atoms. The average Bonchev–Trinajstić information content (AvgIpc) is 2.38. The second-order valence-corrected chi connectivity index (χ2v) is 6.09. The van der Waals surface area contributed by atoms with Crippen LogP contribution in [0.15, 0.2) is 23.1 Å². The monoisotopic (exact) mass is 305 g/mol. The van der Waals surface area contributed by atoms with Gasteiger partial charge in [-0.3, -0.25) is 4.79 Å². The number of likely N-dealkylation sites (N-methyl/N-ethyl adjacent to an activating group) is 1. The number of carbonyl (C=O) groups excluding carboxylic acids is 1. The third-order valence-corrected chi connectivity index (χ3v) is 4.33. The maximum Gasteiger partial charge on any atom is 0.241 e. The summed E-state index contributed by atoms with van der Waals surface area (Å²) >= 11 is 5.72. The standard InChI is InChI=1S/C11H16ClN3O3S/c1-3-15(2)11(16)7-14-19(17,18)8-4-5-9(12)10(13)6-8/h4-6,14H,3,7,13H2,1-2H3. The van der Waals surface area contributed by atoms with Crippen LogP contribution in [-0.2, 0) is 14.8 Å². The van der Waals surface area contributed by atoms with E-state index in [2.05, 4.69) is 4.72 Å². The van der Waals surface area contributed by atoms with E-state index in [1.165, 1.54) is 23.1 Å². The molecule has 1 aromatic carbocycles. The Balaban J connectivity index is 2.82. The van der Waals surface area contributed by atoms with Crippen LogP contribution >= 0.6 is 11.6 Å². The molecule has 0 saturated heterocycles. The fourth-order valence-electron chi connectivity index (χ4n) is 1.24. The van der Waals surface area contributed by atoms with Crippen molar-refractivity contribution in [2.75, 3.05) is 25.9 Å². The first-order valence-corrected chi connectivity index (χ1v) is 7.42. The van der Waals surface area contributed by atoms with E-state index in [4.69, 9.17) is 17.3 Å². The predicted octanol–water partition coefficient (Wildman–Crippen LogP) is 0.679. The molecule has 3 N–H and O–H groups in total. The fraction of sp³-hybridized carbons (Fsp3) is 0.364. The Morgan fingerprint density at radius 3 is 2.63 bits per heavy atom. The Hall–Kier alpha value is -1.31. The number of nitrogens with one attached hydrogen (secondary N) is 1. The first-order valence-electron chi connectivity index (χ1n) is 5.56. The Bertz CT molecular complexity index is 575. The van der Waals surface area contributed by atoms with Gasteiger partial charge in [0.25, 0.3) is 0 Å². The van der Waals surface area contributed by atoms with Gasteiger partial charge in [-0.05, 0) is 25.1 Å². The van der Waals surface area contributed by atoms with E-state index in [1.54, 1.807) is 14.0 Å². The van der Waals surface area contributed by atoms with Crippen LogP contribution in [0.3, 0.4) is 0 Å². The smallest absolute Gasteiger partial charge is 0.241 e. The van der Waals surface area contributed by atoms with Crippen LogP contribution in [0.4, 0.5) is 5.69 Å². The first-order chi connectivity index (χ1) is 8.77. The molecule has 1 aromatic rings. The van der Waals surface area contributed by atoms with Crippen molar-refractivity contribution in [3.63, 3.8) is 0 Å². The highest BCUT2D eigenvalue weighted by Crippen LogP contribution is 2.21. The molecule has 0 heterocycles. The molecule has 0 aliphatic heterocycles. The molecule has 0 unspecified atom stereocenters. The summed E-state index contributed by atoms with van der Waals surface area (Å²) in [5.41, 5.74) is 5.71. The maximum atomic E-state index is 11.9. The van der Waals surface area contributed by atoms with Gasteiger partial charge in [0, 0.05) is 13.6 Å². The minimum Gasteiger partial charge on any atom is -0.397 e. The molecule has 0 spiro atoms. The van der Waals surface area contributed by atoms with Gasteiger partial charge >= 0.3 is 0 Å². The molecule has 1 amide bonds. The van der Waals surface area contributed by atoms with E-state index in [9.17, 15) is 13.2 Å². The van der Waals surface area contributed by atoms with E-state index in [0.717, 1.165) is 0 Å². The van der Waals surface area contributed by atoms with Crippen LogP contribution in [0, 0.1) is 0 Å². The summed E-state index contributed by atoms with van der Waals surface area (Å²) in [6, 6.07) is 3.97. The van der Waals surface area contributed by atoms with Crippen LogP contribution < -0.4 is 10.5 Å². The van der Waals surface area contributed by atoms with Crippen molar-refractivity contribution in [1.29, 1.82) is 0 Å². The number of anilines is 1. The van der Waals surface area contributed by atoms with Crippen LogP contribution in [0.25, 0.3) is 0 Å². The van der Waals surface area contributed by atoms with Gasteiger partial charge in [-0.2, -0.15) is 0 Å². The average molecular weight is 306 g/mol. The van der Waals surface area contributed by atoms with Crippen molar-refractivity contribution in [1.82, 2.24) is 9.62 Å². The second kappa shape index (κ2) is 6.23. The summed E-state index contributed by atoms with van der Waals surface area (Å²) in [5.74, 6) is -0.312. The Morgan fingerprint density at radius 2 is 2.11 bits per heavy atom. The van der Waals surface area contributed by atoms with Gasteiger partial charge in [-0.1, -0.05) is 11.6 Å². The number of amides is 1. The van der Waals surface area contributed by atoms with Crippen LogP contribution in [0.5, 0.6) is 0 Å². The van der Waals surface area contributed by atoms with Crippen LogP contribution in [0.1, 0.15) is 6.92 Å². The lowest BCUT2D eigenvalue weighted by Crippen LogP contribution is -2.37. The van der Waals surface area contributed by atoms with E-state index < -0.39 is 10.0 Å². The van der Waals surface area contributed by atoms with E-state index in [0.29, 0.717) is 6.54 Å². The van der Waals surface area contributed by atoms with E-state index in [1.807, 2.05) is 0 Å². The summed E-state index contributed by atoms with van der Waals surface area (Å²) in [5, 5.41) is 0.278. The highest BCUT2D eigenvalue weighted by molar-refractivity contribution is 7.89. The van der Waals surface area contributed by atoms with Crippen LogP contribution in [-0.4, -0.2) is 39.4 Å². The van der Waals surface area contributed by atoms with Crippen molar-refractivity contribution in [2.45, 2.75) is 11.8 Å². The molecule has 106 valence electrons. The van der Waals surface area contributed by atoms with Gasteiger partial charge in [0.2, 0.25) is 15.9 Å². The SMILES string of the molecule is CCN(C)C(=O)CNS(=O)(=O)c1ccc(Cl)c(N)c1. The van der Waals surface area contributed by atoms with Gasteiger partial charge in [0.05, 0.1) is 22.2 Å². The molecule has 0 bridgehead atoms. The first kappa shape index (κ1) is 15.7. The molecule has 6 nitrogen and oxygen atoms in total. The van der Waals surface area contributed by atoms with Gasteiger partial charge < -0.3 is 10.6 Å². The predicted molar refractivity (Wildman–Crippen MR) is 74.4 cm³/mol. The Labute approximate surface area is 117 Å². The molecule has 0 aliphatic rings. The summed E-state index contributed by atoms with van der Waals surface area (Å²) in [7, 11) is -2.18. The lowest BCUT2D eigenvalue weighted by atomic mass is 10.3. The fourth-order valence-corrected chi connectivity index (χ4v) is 2.37. The summed E-state index contributed by atoms with van der Waals surface area (Å²) in [4.78, 5) is 12.9. The number of nitrogen functional groups attached to an aromatic ring is 1.